The average Bonchev–Trinajstić information content (AvgIpc) is 2.83. The summed E-state index contributed by atoms with van der Waals surface area (Å²) in [4.78, 5) is 30.1. The molecule has 6 nitrogen and oxygen atoms in total. The van der Waals surface area contributed by atoms with E-state index in [1.807, 2.05) is 0 Å². The van der Waals surface area contributed by atoms with Crippen LogP contribution in [0.25, 0.3) is 0 Å². The first kappa shape index (κ1) is 43.0. The second kappa shape index (κ2) is 39.5. The Bertz CT molecular complexity index is 404. The topological polar surface area (TPSA) is 120 Å². The number of carboxylic acids is 3. The summed E-state index contributed by atoms with van der Waals surface area (Å²) in [5, 5.41) is 30.1. The van der Waals surface area contributed by atoms with Crippen molar-refractivity contribution in [3.8, 4) is 0 Å². The van der Waals surface area contributed by atoms with Gasteiger partial charge in [0.2, 0.25) is 0 Å². The first-order chi connectivity index (χ1) is 17.3. The molecule has 0 aromatic rings. The zero-order valence-corrected chi connectivity index (χ0v) is 25.7. The summed E-state index contributed by atoms with van der Waals surface area (Å²) in [5.41, 5.74) is 0. The zero-order valence-electron chi connectivity index (χ0n) is 24.5. The molecule has 0 saturated heterocycles. The van der Waals surface area contributed by atoms with Crippen molar-refractivity contribution in [2.45, 2.75) is 175 Å². The van der Waals surface area contributed by atoms with E-state index in [2.05, 4.69) is 20.8 Å². The first-order valence-corrected chi connectivity index (χ1v) is 14.9. The van der Waals surface area contributed by atoms with Gasteiger partial charge < -0.3 is 29.7 Å². The molecule has 216 valence electrons. The van der Waals surface area contributed by atoms with Gasteiger partial charge in [0.15, 0.2) is 0 Å². The van der Waals surface area contributed by atoms with Crippen molar-refractivity contribution < 1.29 is 29.7 Å². The van der Waals surface area contributed by atoms with Gasteiger partial charge in [0, 0.05) is 17.9 Å². The Morgan fingerprint density at radius 1 is 0.351 bits per heavy atom. The van der Waals surface area contributed by atoms with Gasteiger partial charge in [-0.25, -0.2) is 0 Å². The molecule has 0 radical (unpaired) electrons. The number of rotatable bonds is 24. The molecular weight excluding hydrogens is 483 g/mol. The minimum atomic E-state index is -0.913. The molecule has 0 aliphatic heterocycles. The number of hydrogen-bond donors (Lipinski definition) is 0. The van der Waals surface area contributed by atoms with Gasteiger partial charge in [0.05, 0.1) is 0 Å². The minimum absolute atomic E-state index is 0. The van der Waals surface area contributed by atoms with Crippen molar-refractivity contribution in [1.29, 1.82) is 0 Å². The van der Waals surface area contributed by atoms with Crippen molar-refractivity contribution in [2.24, 2.45) is 0 Å². The van der Waals surface area contributed by atoms with Crippen LogP contribution in [0.2, 0.25) is 0 Å². The SMILES string of the molecule is CCCCCCCCCC(=O)[O-].CCCCCCCCCC(=O)[O-].CCCCCCCCCC(=O)[O-].[Al+3]. The van der Waals surface area contributed by atoms with Gasteiger partial charge in [-0.05, 0) is 38.5 Å². The van der Waals surface area contributed by atoms with Crippen molar-refractivity contribution in [3.63, 3.8) is 0 Å². The van der Waals surface area contributed by atoms with E-state index in [0.29, 0.717) is 0 Å². The maximum atomic E-state index is 10.0. The van der Waals surface area contributed by atoms with E-state index >= 15 is 0 Å². The van der Waals surface area contributed by atoms with Crippen LogP contribution in [0.5, 0.6) is 0 Å². The molecular formula is C30H57AlO6. The standard InChI is InChI=1S/3C10H20O2.Al/c3*1-2-3-4-5-6-7-8-9-10(11)12;/h3*2-9H2,1H3,(H,11,12);/q;;;+3/p-3. The predicted octanol–water partition coefficient (Wildman–Crippen LogP) is 5.25. The van der Waals surface area contributed by atoms with Gasteiger partial charge in [-0.1, -0.05) is 136 Å². The van der Waals surface area contributed by atoms with E-state index in [1.165, 1.54) is 96.3 Å². The Morgan fingerprint density at radius 3 is 0.676 bits per heavy atom. The van der Waals surface area contributed by atoms with Crippen molar-refractivity contribution in [2.75, 3.05) is 0 Å². The number of carbonyl (C=O) groups excluding carboxylic acids is 3. The summed E-state index contributed by atoms with van der Waals surface area (Å²) >= 11 is 0. The maximum absolute atomic E-state index is 10.0. The maximum Gasteiger partial charge on any atom is 3.00 e. The largest absolute Gasteiger partial charge is 3.00 e. The van der Waals surface area contributed by atoms with E-state index in [0.717, 1.165) is 38.5 Å². The van der Waals surface area contributed by atoms with Crippen LogP contribution in [-0.2, 0) is 14.4 Å². The molecule has 0 bridgehead atoms. The summed E-state index contributed by atoms with van der Waals surface area (Å²) in [6.07, 6.45) is 25.0. The quantitative estimate of drug-likeness (QED) is 0.122. The molecule has 0 amide bonds. The van der Waals surface area contributed by atoms with Crippen LogP contribution in [0.3, 0.4) is 0 Å². The fourth-order valence-corrected chi connectivity index (χ4v) is 3.68. The Balaban J connectivity index is -0.000000218. The van der Waals surface area contributed by atoms with Crippen LogP contribution in [0.4, 0.5) is 0 Å². The van der Waals surface area contributed by atoms with Gasteiger partial charge in [-0.2, -0.15) is 0 Å². The third-order valence-corrected chi connectivity index (χ3v) is 5.95. The fraction of sp³-hybridized carbons (Fsp3) is 0.900. The molecule has 7 heteroatoms. The summed E-state index contributed by atoms with van der Waals surface area (Å²) in [7, 11) is 0. The summed E-state index contributed by atoms with van der Waals surface area (Å²) in [6, 6.07) is 0. The predicted molar refractivity (Wildman–Crippen MR) is 149 cm³/mol. The summed E-state index contributed by atoms with van der Waals surface area (Å²) < 4.78 is 0. The molecule has 0 heterocycles. The molecule has 0 N–H and O–H groups in total. The Morgan fingerprint density at radius 2 is 0.514 bits per heavy atom. The smallest absolute Gasteiger partial charge is 0.550 e. The van der Waals surface area contributed by atoms with Gasteiger partial charge in [0.25, 0.3) is 0 Å². The third kappa shape index (κ3) is 56.3. The first-order valence-electron chi connectivity index (χ1n) is 14.9. The van der Waals surface area contributed by atoms with E-state index in [4.69, 9.17) is 0 Å². The van der Waals surface area contributed by atoms with Gasteiger partial charge >= 0.3 is 17.4 Å². The number of unbranched alkanes of at least 4 members (excludes halogenated alkanes) is 18. The number of hydrogen-bond acceptors (Lipinski definition) is 6. The van der Waals surface area contributed by atoms with Gasteiger partial charge in [-0.3, -0.25) is 0 Å². The molecule has 0 aliphatic carbocycles. The van der Waals surface area contributed by atoms with Crippen LogP contribution < -0.4 is 15.3 Å². The normalized spacial score (nSPS) is 9.81. The Labute approximate surface area is 239 Å². The second-order valence-electron chi connectivity index (χ2n) is 9.73. The van der Waals surface area contributed by atoms with Crippen molar-refractivity contribution >= 4 is 35.3 Å². The number of carboxylic acid groups (broad SMARTS) is 3. The Hall–Kier alpha value is -1.06. The van der Waals surface area contributed by atoms with Crippen molar-refractivity contribution in [3.05, 3.63) is 0 Å². The van der Waals surface area contributed by atoms with Gasteiger partial charge in [-0.15, -0.1) is 0 Å². The minimum Gasteiger partial charge on any atom is -0.550 e. The van der Waals surface area contributed by atoms with E-state index in [9.17, 15) is 29.7 Å². The van der Waals surface area contributed by atoms with Gasteiger partial charge in [0.1, 0.15) is 0 Å². The second-order valence-corrected chi connectivity index (χ2v) is 9.73. The van der Waals surface area contributed by atoms with Crippen LogP contribution >= 0.6 is 0 Å². The average molecular weight is 541 g/mol. The van der Waals surface area contributed by atoms with E-state index < -0.39 is 17.9 Å². The number of carbonyl (C=O) groups is 3. The molecule has 0 fully saturated rings. The molecule has 0 aromatic heterocycles. The van der Waals surface area contributed by atoms with Crippen LogP contribution in [0, 0.1) is 0 Å². The molecule has 0 aromatic carbocycles. The molecule has 0 rings (SSSR count). The number of aliphatic carboxylic acids is 3. The van der Waals surface area contributed by atoms with E-state index in [1.54, 1.807) is 0 Å². The van der Waals surface area contributed by atoms with Crippen LogP contribution in [0.1, 0.15) is 175 Å². The summed E-state index contributed by atoms with van der Waals surface area (Å²) in [5.74, 6) is -2.74. The Kier molecular flexibility index (Phi) is 45.9. The third-order valence-electron chi connectivity index (χ3n) is 5.95. The fourth-order valence-electron chi connectivity index (χ4n) is 3.68. The van der Waals surface area contributed by atoms with Crippen LogP contribution in [-0.4, -0.2) is 35.3 Å². The molecule has 0 saturated carbocycles. The van der Waals surface area contributed by atoms with Crippen molar-refractivity contribution in [1.82, 2.24) is 0 Å². The molecule has 0 spiro atoms. The molecule has 0 aliphatic rings. The molecule has 37 heavy (non-hydrogen) atoms. The molecule has 0 unspecified atom stereocenters. The summed E-state index contributed by atoms with van der Waals surface area (Å²) in [6.45, 7) is 6.57. The van der Waals surface area contributed by atoms with Crippen LogP contribution in [0.15, 0.2) is 0 Å². The zero-order chi connectivity index (χ0) is 27.7. The monoisotopic (exact) mass is 540 g/mol. The van der Waals surface area contributed by atoms with E-state index in [-0.39, 0.29) is 36.6 Å². The molecule has 0 atom stereocenters.